The van der Waals surface area contributed by atoms with E-state index < -0.39 is 4.92 Å². The van der Waals surface area contributed by atoms with Gasteiger partial charge < -0.3 is 5.11 Å². The van der Waals surface area contributed by atoms with Crippen molar-refractivity contribution in [3.8, 4) is 0 Å². The Hall–Kier alpha value is -2.60. The molecular formula is C19H23N3O3. The van der Waals surface area contributed by atoms with Gasteiger partial charge in [0.25, 0.3) is 5.69 Å². The number of nitro groups is 1. The van der Waals surface area contributed by atoms with Crippen molar-refractivity contribution in [2.45, 2.75) is 39.0 Å². The summed E-state index contributed by atoms with van der Waals surface area (Å²) in [6.45, 7) is 2.33. The molecule has 0 unspecified atom stereocenters. The largest absolute Gasteiger partial charge is 0.396 e. The van der Waals surface area contributed by atoms with Crippen molar-refractivity contribution in [1.29, 1.82) is 0 Å². The van der Waals surface area contributed by atoms with E-state index in [4.69, 9.17) is 5.11 Å². The van der Waals surface area contributed by atoms with Gasteiger partial charge in [0, 0.05) is 18.7 Å². The van der Waals surface area contributed by atoms with Gasteiger partial charge in [0.1, 0.15) is 0 Å². The zero-order chi connectivity index (χ0) is 18.1. The highest BCUT2D eigenvalue weighted by molar-refractivity contribution is 5.46. The third-order valence-electron chi connectivity index (χ3n) is 4.02. The van der Waals surface area contributed by atoms with Crippen LogP contribution in [0.25, 0.3) is 0 Å². The highest BCUT2D eigenvalue weighted by Gasteiger charge is 2.04. The predicted octanol–water partition coefficient (Wildman–Crippen LogP) is 5.41. The minimum atomic E-state index is -0.438. The fourth-order valence-electron chi connectivity index (χ4n) is 2.56. The van der Waals surface area contributed by atoms with Crippen LogP contribution < -0.4 is 0 Å². The van der Waals surface area contributed by atoms with Crippen LogP contribution in [0, 0.1) is 17.0 Å². The highest BCUT2D eigenvalue weighted by atomic mass is 16.6. The Balaban J connectivity index is 1.94. The molecule has 6 heteroatoms. The van der Waals surface area contributed by atoms with Crippen molar-refractivity contribution < 1.29 is 10.0 Å². The molecule has 0 radical (unpaired) electrons. The first-order valence-electron chi connectivity index (χ1n) is 8.47. The Morgan fingerprint density at radius 2 is 1.60 bits per heavy atom. The van der Waals surface area contributed by atoms with Crippen molar-refractivity contribution in [2.24, 2.45) is 10.2 Å². The van der Waals surface area contributed by atoms with Crippen LogP contribution in [-0.4, -0.2) is 16.6 Å². The lowest BCUT2D eigenvalue weighted by Crippen LogP contribution is -1.90. The zero-order valence-electron chi connectivity index (χ0n) is 14.4. The maximum absolute atomic E-state index is 10.6. The van der Waals surface area contributed by atoms with Gasteiger partial charge >= 0.3 is 0 Å². The Morgan fingerprint density at radius 1 is 0.960 bits per heavy atom. The molecule has 0 aliphatic rings. The van der Waals surface area contributed by atoms with Crippen molar-refractivity contribution in [2.75, 3.05) is 6.61 Å². The van der Waals surface area contributed by atoms with E-state index in [9.17, 15) is 10.1 Å². The van der Waals surface area contributed by atoms with Crippen molar-refractivity contribution in [1.82, 2.24) is 0 Å². The van der Waals surface area contributed by atoms with Crippen LogP contribution in [0.3, 0.4) is 0 Å². The first kappa shape index (κ1) is 18.7. The standard InChI is InChI=1S/C19H23N3O3/c1-15-14-18(8-7-16(15)6-4-2-3-5-13-23)21-20-17-9-11-19(12-10-17)22(24)25/h7-12,14,23H,2-6,13H2,1H3. The van der Waals surface area contributed by atoms with E-state index in [1.165, 1.54) is 23.3 Å². The molecule has 0 saturated carbocycles. The summed E-state index contributed by atoms with van der Waals surface area (Å²) < 4.78 is 0. The number of nitrogens with zero attached hydrogens (tertiary/aromatic N) is 3. The summed E-state index contributed by atoms with van der Waals surface area (Å²) in [6, 6.07) is 12.0. The van der Waals surface area contributed by atoms with Gasteiger partial charge in [-0.05, 0) is 61.6 Å². The van der Waals surface area contributed by atoms with Gasteiger partial charge in [-0.25, -0.2) is 0 Å². The van der Waals surface area contributed by atoms with Gasteiger partial charge in [0.05, 0.1) is 16.3 Å². The molecule has 25 heavy (non-hydrogen) atoms. The van der Waals surface area contributed by atoms with E-state index >= 15 is 0 Å². The Kier molecular flexibility index (Phi) is 7.22. The number of aliphatic hydroxyl groups is 1. The van der Waals surface area contributed by atoms with E-state index in [1.807, 2.05) is 12.1 Å². The summed E-state index contributed by atoms with van der Waals surface area (Å²) in [5, 5.41) is 27.7. The van der Waals surface area contributed by atoms with E-state index in [0.29, 0.717) is 5.69 Å². The van der Waals surface area contributed by atoms with Crippen molar-refractivity contribution in [3.05, 3.63) is 63.7 Å². The molecule has 0 fully saturated rings. The van der Waals surface area contributed by atoms with Crippen LogP contribution in [0.2, 0.25) is 0 Å². The van der Waals surface area contributed by atoms with Crippen LogP contribution in [-0.2, 0) is 6.42 Å². The normalized spacial score (nSPS) is 11.1. The number of rotatable bonds is 9. The van der Waals surface area contributed by atoms with E-state index in [-0.39, 0.29) is 12.3 Å². The number of aryl methyl sites for hydroxylation is 2. The molecule has 6 nitrogen and oxygen atoms in total. The maximum atomic E-state index is 10.6. The summed E-state index contributed by atoms with van der Waals surface area (Å²) in [5.41, 5.74) is 3.87. The highest BCUT2D eigenvalue weighted by Crippen LogP contribution is 2.23. The molecule has 0 aliphatic heterocycles. The predicted molar refractivity (Wildman–Crippen MR) is 97.7 cm³/mol. The number of unbranched alkanes of at least 4 members (excludes halogenated alkanes) is 3. The molecule has 0 aliphatic carbocycles. The quantitative estimate of drug-likeness (QED) is 0.286. The van der Waals surface area contributed by atoms with Crippen LogP contribution >= 0.6 is 0 Å². The first-order valence-corrected chi connectivity index (χ1v) is 8.47. The molecular weight excluding hydrogens is 318 g/mol. The summed E-state index contributed by atoms with van der Waals surface area (Å²) in [4.78, 5) is 10.2. The molecule has 2 rings (SSSR count). The van der Waals surface area contributed by atoms with Crippen molar-refractivity contribution in [3.63, 3.8) is 0 Å². The van der Waals surface area contributed by atoms with Gasteiger partial charge in [-0.3, -0.25) is 10.1 Å². The Labute approximate surface area is 147 Å². The van der Waals surface area contributed by atoms with Crippen LogP contribution in [0.4, 0.5) is 17.1 Å². The van der Waals surface area contributed by atoms with Crippen molar-refractivity contribution >= 4 is 17.1 Å². The van der Waals surface area contributed by atoms with Gasteiger partial charge in [-0.15, -0.1) is 0 Å². The second-order valence-electron chi connectivity index (χ2n) is 5.97. The summed E-state index contributed by atoms with van der Waals surface area (Å²) >= 11 is 0. The molecule has 132 valence electrons. The molecule has 0 aromatic heterocycles. The van der Waals surface area contributed by atoms with E-state index in [0.717, 1.165) is 37.8 Å². The lowest BCUT2D eigenvalue weighted by molar-refractivity contribution is -0.384. The summed E-state index contributed by atoms with van der Waals surface area (Å²) in [7, 11) is 0. The number of hydrogen-bond donors (Lipinski definition) is 1. The van der Waals surface area contributed by atoms with Crippen LogP contribution in [0.15, 0.2) is 52.7 Å². The third kappa shape index (κ3) is 6.08. The number of aliphatic hydroxyl groups excluding tert-OH is 1. The van der Waals surface area contributed by atoms with Crippen LogP contribution in [0.5, 0.6) is 0 Å². The number of non-ortho nitro benzene ring substituents is 1. The molecule has 0 spiro atoms. The number of nitro benzene ring substituents is 1. The van der Waals surface area contributed by atoms with Gasteiger partial charge in [-0.1, -0.05) is 18.9 Å². The fourth-order valence-corrected chi connectivity index (χ4v) is 2.56. The fraction of sp³-hybridized carbons (Fsp3) is 0.368. The smallest absolute Gasteiger partial charge is 0.269 e. The molecule has 0 bridgehead atoms. The van der Waals surface area contributed by atoms with Gasteiger partial charge in [-0.2, -0.15) is 10.2 Å². The minimum Gasteiger partial charge on any atom is -0.396 e. The molecule has 0 saturated heterocycles. The lowest BCUT2D eigenvalue weighted by Gasteiger charge is -2.06. The average Bonchev–Trinajstić information content (AvgIpc) is 2.61. The minimum absolute atomic E-state index is 0.0399. The second kappa shape index (κ2) is 9.64. The van der Waals surface area contributed by atoms with Gasteiger partial charge in [0.2, 0.25) is 0 Å². The Bertz CT molecular complexity index is 727. The molecule has 0 amide bonds. The number of hydrogen-bond acceptors (Lipinski definition) is 5. The van der Waals surface area contributed by atoms with E-state index in [1.54, 1.807) is 12.1 Å². The number of azo groups is 1. The molecule has 0 atom stereocenters. The van der Waals surface area contributed by atoms with Gasteiger partial charge in [0.15, 0.2) is 0 Å². The number of benzene rings is 2. The lowest BCUT2D eigenvalue weighted by atomic mass is 10.0. The van der Waals surface area contributed by atoms with E-state index in [2.05, 4.69) is 23.2 Å². The van der Waals surface area contributed by atoms with Crippen LogP contribution in [0.1, 0.15) is 36.8 Å². The maximum Gasteiger partial charge on any atom is 0.269 e. The summed E-state index contributed by atoms with van der Waals surface area (Å²) in [6.07, 6.45) is 5.21. The average molecular weight is 341 g/mol. The monoisotopic (exact) mass is 341 g/mol. The zero-order valence-corrected chi connectivity index (χ0v) is 14.4. The molecule has 0 heterocycles. The Morgan fingerprint density at radius 3 is 2.24 bits per heavy atom. The molecule has 2 aromatic rings. The topological polar surface area (TPSA) is 88.1 Å². The second-order valence-corrected chi connectivity index (χ2v) is 5.97. The third-order valence-corrected chi connectivity index (χ3v) is 4.02. The molecule has 2 aromatic carbocycles. The summed E-state index contributed by atoms with van der Waals surface area (Å²) in [5.74, 6) is 0. The molecule has 1 N–H and O–H groups in total. The SMILES string of the molecule is Cc1cc(N=Nc2ccc([N+](=O)[O-])cc2)ccc1CCCCCCO. The first-order chi connectivity index (χ1) is 12.1.